The number of benzene rings is 1. The molecule has 9 heteroatoms. The third-order valence-electron chi connectivity index (χ3n) is 7.40. The van der Waals surface area contributed by atoms with E-state index in [1.54, 1.807) is 0 Å². The summed E-state index contributed by atoms with van der Waals surface area (Å²) in [5.41, 5.74) is 2.99. The van der Waals surface area contributed by atoms with Gasteiger partial charge in [0, 0.05) is 5.57 Å². The predicted octanol–water partition coefficient (Wildman–Crippen LogP) is 2.22. The molecular weight excluding hydrogens is 484 g/mol. The summed E-state index contributed by atoms with van der Waals surface area (Å²) in [5.74, 6) is -0.975. The average molecular weight is 525 g/mol. The number of hydrogen-bond acceptors (Lipinski definition) is 5. The molecular formula is C29H40N4O5. The van der Waals surface area contributed by atoms with Crippen molar-refractivity contribution in [3.8, 4) is 0 Å². The first-order valence-corrected chi connectivity index (χ1v) is 13.6. The summed E-state index contributed by atoms with van der Waals surface area (Å²) in [6, 6.07) is 7.43. The van der Waals surface area contributed by atoms with Crippen molar-refractivity contribution in [1.82, 2.24) is 21.3 Å². The maximum absolute atomic E-state index is 12.6. The zero-order chi connectivity index (χ0) is 27.7. The van der Waals surface area contributed by atoms with Gasteiger partial charge in [-0.3, -0.25) is 24.0 Å². The number of carbonyl (C=O) groups excluding carboxylic acids is 5. The molecule has 0 heterocycles. The Balaban J connectivity index is 1.35. The lowest BCUT2D eigenvalue weighted by atomic mass is 9.91. The SMILES string of the molecule is CCCCC(CC)CC(NC(=O)CNC(=O)CNC(=O)CNC(=O)C1=Cc2ccccc2C2CC12)C(C)=O. The van der Waals surface area contributed by atoms with Crippen LogP contribution in [0, 0.1) is 11.8 Å². The molecule has 0 radical (unpaired) electrons. The van der Waals surface area contributed by atoms with Crippen LogP contribution in [0.1, 0.15) is 76.3 Å². The van der Waals surface area contributed by atoms with Crippen molar-refractivity contribution in [2.24, 2.45) is 11.8 Å². The molecule has 2 aliphatic rings. The molecule has 0 aliphatic heterocycles. The fourth-order valence-corrected chi connectivity index (χ4v) is 5.00. The molecule has 4 atom stereocenters. The van der Waals surface area contributed by atoms with Gasteiger partial charge >= 0.3 is 0 Å². The van der Waals surface area contributed by atoms with Crippen LogP contribution in [0.25, 0.3) is 6.08 Å². The lowest BCUT2D eigenvalue weighted by molar-refractivity contribution is -0.129. The summed E-state index contributed by atoms with van der Waals surface area (Å²) in [5, 5.41) is 10.2. The van der Waals surface area contributed by atoms with E-state index < -0.39 is 23.8 Å². The Morgan fingerprint density at radius 2 is 1.55 bits per heavy atom. The molecule has 3 rings (SSSR count). The molecule has 2 aliphatic carbocycles. The minimum absolute atomic E-state index is 0.112. The highest BCUT2D eigenvalue weighted by atomic mass is 16.2. The number of amides is 4. The monoisotopic (exact) mass is 524 g/mol. The molecule has 1 aromatic carbocycles. The average Bonchev–Trinajstić information content (AvgIpc) is 3.71. The Bertz CT molecular complexity index is 1080. The van der Waals surface area contributed by atoms with Gasteiger partial charge < -0.3 is 21.3 Å². The zero-order valence-electron chi connectivity index (χ0n) is 22.6. The maximum atomic E-state index is 12.6. The zero-order valence-corrected chi connectivity index (χ0v) is 22.6. The van der Waals surface area contributed by atoms with Crippen LogP contribution in [0.4, 0.5) is 0 Å². The normalized spacial score (nSPS) is 18.6. The molecule has 206 valence electrons. The molecule has 0 bridgehead atoms. The van der Waals surface area contributed by atoms with Gasteiger partial charge in [-0.05, 0) is 54.7 Å². The second-order valence-electron chi connectivity index (χ2n) is 10.3. The number of Topliss-reactive ketones (excluding diaryl/α,β-unsaturated/α-hetero) is 1. The Kier molecular flexibility index (Phi) is 10.6. The van der Waals surface area contributed by atoms with E-state index in [2.05, 4.69) is 41.2 Å². The maximum Gasteiger partial charge on any atom is 0.247 e. The largest absolute Gasteiger partial charge is 0.346 e. The number of carbonyl (C=O) groups is 5. The summed E-state index contributed by atoms with van der Waals surface area (Å²) in [4.78, 5) is 61.2. The van der Waals surface area contributed by atoms with Crippen molar-refractivity contribution in [3.63, 3.8) is 0 Å². The molecule has 1 saturated carbocycles. The molecule has 0 spiro atoms. The summed E-state index contributed by atoms with van der Waals surface area (Å²) in [6.07, 6.45) is 7.50. The van der Waals surface area contributed by atoms with Crippen LogP contribution < -0.4 is 21.3 Å². The van der Waals surface area contributed by atoms with Crippen LogP contribution in [-0.4, -0.2) is 55.1 Å². The molecule has 4 unspecified atom stereocenters. The van der Waals surface area contributed by atoms with Gasteiger partial charge in [0.15, 0.2) is 5.78 Å². The first-order valence-electron chi connectivity index (χ1n) is 13.6. The van der Waals surface area contributed by atoms with E-state index in [0.717, 1.165) is 37.7 Å². The third kappa shape index (κ3) is 8.26. The van der Waals surface area contributed by atoms with Crippen LogP contribution in [0.5, 0.6) is 0 Å². The number of fused-ring (bicyclic) bond motifs is 3. The first kappa shape index (κ1) is 29.1. The summed E-state index contributed by atoms with van der Waals surface area (Å²) < 4.78 is 0. The molecule has 1 aromatic rings. The van der Waals surface area contributed by atoms with Crippen LogP contribution >= 0.6 is 0 Å². The smallest absolute Gasteiger partial charge is 0.247 e. The number of rotatable bonds is 15. The second-order valence-corrected chi connectivity index (χ2v) is 10.3. The van der Waals surface area contributed by atoms with Gasteiger partial charge in [0.25, 0.3) is 0 Å². The van der Waals surface area contributed by atoms with Crippen molar-refractivity contribution in [1.29, 1.82) is 0 Å². The molecule has 1 fully saturated rings. The summed E-state index contributed by atoms with van der Waals surface area (Å²) in [7, 11) is 0. The first-order chi connectivity index (χ1) is 18.2. The Morgan fingerprint density at radius 3 is 2.21 bits per heavy atom. The van der Waals surface area contributed by atoms with Gasteiger partial charge in [0.05, 0.1) is 25.7 Å². The van der Waals surface area contributed by atoms with E-state index >= 15 is 0 Å². The number of hydrogen-bond donors (Lipinski definition) is 4. The highest BCUT2D eigenvalue weighted by Crippen LogP contribution is 2.56. The van der Waals surface area contributed by atoms with E-state index in [1.807, 2.05) is 24.3 Å². The highest BCUT2D eigenvalue weighted by molar-refractivity contribution is 6.02. The molecule has 38 heavy (non-hydrogen) atoms. The van der Waals surface area contributed by atoms with Crippen molar-refractivity contribution in [2.45, 2.75) is 71.3 Å². The van der Waals surface area contributed by atoms with Crippen LogP contribution in [0.3, 0.4) is 0 Å². The van der Waals surface area contributed by atoms with E-state index in [-0.39, 0.29) is 37.2 Å². The third-order valence-corrected chi connectivity index (χ3v) is 7.40. The van der Waals surface area contributed by atoms with Gasteiger partial charge in [0.2, 0.25) is 23.6 Å². The van der Waals surface area contributed by atoms with Crippen molar-refractivity contribution >= 4 is 35.5 Å². The number of ketones is 1. The minimum atomic E-state index is -0.580. The van der Waals surface area contributed by atoms with E-state index in [4.69, 9.17) is 0 Å². The Labute approximate surface area is 224 Å². The van der Waals surface area contributed by atoms with Crippen molar-refractivity contribution in [3.05, 3.63) is 41.0 Å². The molecule has 4 N–H and O–H groups in total. The van der Waals surface area contributed by atoms with E-state index in [0.29, 0.717) is 23.8 Å². The van der Waals surface area contributed by atoms with Crippen molar-refractivity contribution < 1.29 is 24.0 Å². The quantitative estimate of drug-likeness (QED) is 0.279. The van der Waals surface area contributed by atoms with Gasteiger partial charge in [-0.25, -0.2) is 0 Å². The second kappa shape index (κ2) is 13.9. The van der Waals surface area contributed by atoms with Crippen LogP contribution in [0.15, 0.2) is 29.8 Å². The van der Waals surface area contributed by atoms with Crippen molar-refractivity contribution in [2.75, 3.05) is 19.6 Å². The molecule has 4 amide bonds. The molecule has 9 nitrogen and oxygen atoms in total. The van der Waals surface area contributed by atoms with Gasteiger partial charge in [-0.1, -0.05) is 63.8 Å². The highest BCUT2D eigenvalue weighted by Gasteiger charge is 2.46. The van der Waals surface area contributed by atoms with Gasteiger partial charge in [0.1, 0.15) is 0 Å². The van der Waals surface area contributed by atoms with E-state index in [9.17, 15) is 24.0 Å². The summed E-state index contributed by atoms with van der Waals surface area (Å²) >= 11 is 0. The standard InChI is InChI=1S/C29H40N4O5/c1-4-6-9-19(5-2)12-25(18(3)34)33-28(37)17-31-26(35)15-30-27(36)16-32-29(38)24-13-20-10-7-8-11-21(20)22-14-23(22)24/h7-8,10-11,13,19,22-23,25H,4-6,9,12,14-17H2,1-3H3,(H,30,36)(H,31,35)(H,32,38)(H,33,37). The number of unbranched alkanes of at least 4 members (excludes halogenated alkanes) is 1. The fraction of sp³-hybridized carbons (Fsp3) is 0.552. The van der Waals surface area contributed by atoms with Crippen LogP contribution in [0.2, 0.25) is 0 Å². The topological polar surface area (TPSA) is 133 Å². The van der Waals surface area contributed by atoms with E-state index in [1.165, 1.54) is 12.5 Å². The lowest BCUT2D eigenvalue weighted by Gasteiger charge is -2.22. The fourth-order valence-electron chi connectivity index (χ4n) is 5.00. The van der Waals surface area contributed by atoms with Crippen LogP contribution in [-0.2, 0) is 24.0 Å². The molecule has 0 aromatic heterocycles. The lowest BCUT2D eigenvalue weighted by Crippen LogP contribution is -2.47. The van der Waals surface area contributed by atoms with Gasteiger partial charge in [-0.15, -0.1) is 0 Å². The van der Waals surface area contributed by atoms with Gasteiger partial charge in [-0.2, -0.15) is 0 Å². The number of nitrogens with one attached hydrogen (secondary N) is 4. The molecule has 0 saturated heterocycles. The Hall–Kier alpha value is -3.49. The Morgan fingerprint density at radius 1 is 0.895 bits per heavy atom. The summed E-state index contributed by atoms with van der Waals surface area (Å²) in [6.45, 7) is 4.78. The minimum Gasteiger partial charge on any atom is -0.346 e. The predicted molar refractivity (Wildman–Crippen MR) is 145 cm³/mol.